The van der Waals surface area contributed by atoms with Crippen molar-refractivity contribution in [3.05, 3.63) is 18.2 Å². The summed E-state index contributed by atoms with van der Waals surface area (Å²) in [7, 11) is 1.84. The van der Waals surface area contributed by atoms with Crippen molar-refractivity contribution < 1.29 is 9.47 Å². The number of nitrogen functional groups attached to an aromatic ring is 1. The highest BCUT2D eigenvalue weighted by Crippen LogP contribution is 2.41. The third kappa shape index (κ3) is 1.52. The maximum atomic E-state index is 5.50. The molecule has 7 heteroatoms. The van der Waals surface area contributed by atoms with E-state index < -0.39 is 0 Å². The van der Waals surface area contributed by atoms with Crippen LogP contribution in [-0.2, 0) is 0 Å². The average Bonchev–Trinajstić information content (AvgIpc) is 2.95. The van der Waals surface area contributed by atoms with Crippen molar-refractivity contribution in [1.29, 1.82) is 0 Å². The molecule has 3 N–H and O–H groups in total. The fourth-order valence-corrected chi connectivity index (χ4v) is 1.71. The van der Waals surface area contributed by atoms with Crippen LogP contribution in [0.4, 0.5) is 17.6 Å². The molecule has 0 saturated heterocycles. The van der Waals surface area contributed by atoms with Crippen LogP contribution >= 0.6 is 0 Å². The average molecular weight is 233 g/mol. The fourth-order valence-electron chi connectivity index (χ4n) is 1.71. The lowest BCUT2D eigenvalue weighted by atomic mass is 10.2. The number of aromatic amines is 1. The normalized spacial score (nSPS) is 12.8. The van der Waals surface area contributed by atoms with Crippen molar-refractivity contribution in [2.45, 2.75) is 0 Å². The van der Waals surface area contributed by atoms with Crippen LogP contribution in [-0.4, -0.2) is 29.0 Å². The second-order valence-electron chi connectivity index (χ2n) is 3.60. The van der Waals surface area contributed by atoms with Gasteiger partial charge in [-0.25, -0.2) is 0 Å². The summed E-state index contributed by atoms with van der Waals surface area (Å²) in [6, 6.07) is 5.65. The molecule has 0 saturated carbocycles. The Morgan fingerprint density at radius 1 is 1.35 bits per heavy atom. The number of nitrogens with one attached hydrogen (secondary N) is 1. The predicted octanol–water partition coefficient (Wildman–Crippen LogP) is 0.883. The van der Waals surface area contributed by atoms with Gasteiger partial charge < -0.3 is 20.1 Å². The van der Waals surface area contributed by atoms with Gasteiger partial charge >= 0.3 is 0 Å². The van der Waals surface area contributed by atoms with Crippen molar-refractivity contribution in [3.8, 4) is 11.5 Å². The van der Waals surface area contributed by atoms with E-state index in [1.165, 1.54) is 0 Å². The molecule has 0 radical (unpaired) electrons. The Hall–Kier alpha value is -2.44. The summed E-state index contributed by atoms with van der Waals surface area (Å²) < 4.78 is 10.7. The van der Waals surface area contributed by atoms with E-state index in [0.29, 0.717) is 11.7 Å². The molecule has 88 valence electrons. The minimum Gasteiger partial charge on any atom is -0.454 e. The molecule has 0 amide bonds. The second-order valence-corrected chi connectivity index (χ2v) is 3.60. The van der Waals surface area contributed by atoms with Crippen LogP contribution < -0.4 is 20.1 Å². The zero-order valence-corrected chi connectivity index (χ0v) is 9.17. The Bertz CT molecular complexity index is 553. The zero-order chi connectivity index (χ0) is 11.8. The number of H-pyrrole nitrogens is 1. The highest BCUT2D eigenvalue weighted by molar-refractivity contribution is 5.70. The number of para-hydroxylation sites is 1. The molecule has 2 aromatic rings. The summed E-state index contributed by atoms with van der Waals surface area (Å²) in [5, 5.41) is 7.63. The summed E-state index contributed by atoms with van der Waals surface area (Å²) in [6.45, 7) is 0.235. The number of rotatable bonds is 2. The van der Waals surface area contributed by atoms with Crippen LogP contribution in [0.25, 0.3) is 0 Å². The van der Waals surface area contributed by atoms with E-state index in [0.717, 1.165) is 11.4 Å². The minimum atomic E-state index is 0.235. The van der Waals surface area contributed by atoms with Crippen molar-refractivity contribution in [2.75, 3.05) is 24.5 Å². The molecule has 3 rings (SSSR count). The molecule has 0 unspecified atom stereocenters. The number of nitrogens with zero attached hydrogens (tertiary/aromatic N) is 3. The number of hydrogen-bond donors (Lipinski definition) is 2. The van der Waals surface area contributed by atoms with Gasteiger partial charge in [0.15, 0.2) is 11.5 Å². The van der Waals surface area contributed by atoms with E-state index >= 15 is 0 Å². The predicted molar refractivity (Wildman–Crippen MR) is 61.4 cm³/mol. The van der Waals surface area contributed by atoms with Gasteiger partial charge in [0.25, 0.3) is 0 Å². The van der Waals surface area contributed by atoms with Gasteiger partial charge in [-0.3, -0.25) is 4.98 Å². The summed E-state index contributed by atoms with van der Waals surface area (Å²) in [5.41, 5.74) is 6.34. The lowest BCUT2D eigenvalue weighted by molar-refractivity contribution is 0.174. The number of benzene rings is 1. The molecule has 1 aromatic carbocycles. The Kier molecular flexibility index (Phi) is 2.04. The van der Waals surface area contributed by atoms with Gasteiger partial charge in [-0.2, -0.15) is 0 Å². The molecular weight excluding hydrogens is 222 g/mol. The number of fused-ring (bicyclic) bond motifs is 1. The highest BCUT2D eigenvalue weighted by atomic mass is 16.7. The van der Waals surface area contributed by atoms with Gasteiger partial charge in [0.05, 0.1) is 5.69 Å². The first kappa shape index (κ1) is 9.76. The Morgan fingerprint density at radius 3 is 3.00 bits per heavy atom. The van der Waals surface area contributed by atoms with Crippen molar-refractivity contribution in [3.63, 3.8) is 0 Å². The molecule has 1 aromatic heterocycles. The molecular formula is C10H11N5O2. The number of anilines is 3. The first-order valence-electron chi connectivity index (χ1n) is 5.06. The first-order valence-corrected chi connectivity index (χ1v) is 5.06. The lowest BCUT2D eigenvalue weighted by Crippen LogP contribution is -2.12. The van der Waals surface area contributed by atoms with Crippen LogP contribution in [0.1, 0.15) is 0 Å². The molecule has 0 aliphatic carbocycles. The standard InChI is InChI=1S/C10H11N5O2/c1-15(10-12-9(11)13-14-10)6-3-2-4-7-8(6)17-5-16-7/h2-4H,5H2,1H3,(H3,11,12,13,14). The molecule has 2 heterocycles. The topological polar surface area (TPSA) is 89.3 Å². The third-order valence-corrected chi connectivity index (χ3v) is 2.55. The Morgan fingerprint density at radius 2 is 2.24 bits per heavy atom. The first-order chi connectivity index (χ1) is 8.25. The third-order valence-electron chi connectivity index (χ3n) is 2.55. The molecule has 0 fully saturated rings. The summed E-state index contributed by atoms with van der Waals surface area (Å²) >= 11 is 0. The summed E-state index contributed by atoms with van der Waals surface area (Å²) in [5.74, 6) is 2.25. The van der Waals surface area contributed by atoms with Crippen LogP contribution in [0, 0.1) is 0 Å². The van der Waals surface area contributed by atoms with Gasteiger partial charge in [-0.15, -0.1) is 10.2 Å². The van der Waals surface area contributed by atoms with Crippen molar-refractivity contribution >= 4 is 17.6 Å². The number of ether oxygens (including phenoxy) is 2. The van der Waals surface area contributed by atoms with Gasteiger partial charge in [-0.05, 0) is 12.1 Å². The molecule has 0 spiro atoms. The summed E-state index contributed by atoms with van der Waals surface area (Å²) in [4.78, 5) is 4.65. The maximum Gasteiger partial charge on any atom is 0.231 e. The molecule has 1 aliphatic rings. The molecule has 7 nitrogen and oxygen atoms in total. The van der Waals surface area contributed by atoms with Crippen LogP contribution in [0.15, 0.2) is 18.2 Å². The quantitative estimate of drug-likeness (QED) is 0.800. The van der Waals surface area contributed by atoms with Gasteiger partial charge in [0, 0.05) is 7.05 Å². The van der Waals surface area contributed by atoms with Crippen LogP contribution in [0.5, 0.6) is 11.5 Å². The SMILES string of the molecule is CN(c1nnc(N)[nH]1)c1cccc2c1OCO2. The Labute approximate surface area is 97.2 Å². The van der Waals surface area contributed by atoms with E-state index in [4.69, 9.17) is 15.2 Å². The van der Waals surface area contributed by atoms with Crippen molar-refractivity contribution in [2.24, 2.45) is 0 Å². The number of nitrogens with two attached hydrogens (primary N) is 1. The minimum absolute atomic E-state index is 0.235. The zero-order valence-electron chi connectivity index (χ0n) is 9.17. The fraction of sp³-hybridized carbons (Fsp3) is 0.200. The Balaban J connectivity index is 2.02. The highest BCUT2D eigenvalue weighted by Gasteiger charge is 2.21. The van der Waals surface area contributed by atoms with Crippen molar-refractivity contribution in [1.82, 2.24) is 15.2 Å². The van der Waals surface area contributed by atoms with E-state index in [1.807, 2.05) is 25.2 Å². The van der Waals surface area contributed by atoms with E-state index in [1.54, 1.807) is 4.90 Å². The molecule has 1 aliphatic heterocycles. The van der Waals surface area contributed by atoms with Crippen LogP contribution in [0.3, 0.4) is 0 Å². The monoisotopic (exact) mass is 233 g/mol. The van der Waals surface area contributed by atoms with Gasteiger partial charge in [0.2, 0.25) is 18.7 Å². The largest absolute Gasteiger partial charge is 0.454 e. The molecule has 0 atom stereocenters. The van der Waals surface area contributed by atoms with E-state index in [-0.39, 0.29) is 12.7 Å². The van der Waals surface area contributed by atoms with E-state index in [9.17, 15) is 0 Å². The number of hydrogen-bond acceptors (Lipinski definition) is 6. The van der Waals surface area contributed by atoms with Gasteiger partial charge in [0.1, 0.15) is 0 Å². The maximum absolute atomic E-state index is 5.50. The molecule has 0 bridgehead atoms. The molecule has 17 heavy (non-hydrogen) atoms. The number of aromatic nitrogens is 3. The lowest BCUT2D eigenvalue weighted by Gasteiger charge is -2.16. The van der Waals surface area contributed by atoms with Crippen LogP contribution in [0.2, 0.25) is 0 Å². The van der Waals surface area contributed by atoms with Gasteiger partial charge in [-0.1, -0.05) is 6.07 Å². The van der Waals surface area contributed by atoms with E-state index in [2.05, 4.69) is 15.2 Å². The summed E-state index contributed by atoms with van der Waals surface area (Å²) in [6.07, 6.45) is 0. The second kappa shape index (κ2) is 3.55. The smallest absolute Gasteiger partial charge is 0.231 e.